The van der Waals surface area contributed by atoms with Crippen LogP contribution in [0.4, 0.5) is 5.82 Å². The van der Waals surface area contributed by atoms with E-state index in [-0.39, 0.29) is 0 Å². The van der Waals surface area contributed by atoms with E-state index in [2.05, 4.69) is 26.3 Å². The standard InChI is InChI=1S/C18H24ClN5/c1-20-18(24(4)13-14-5-7-16(19)8-6-14)22-12-15-9-10-21-17(11-15)23(2)3/h5-11H,12-13H2,1-4H3,(H,20,22). The van der Waals surface area contributed by atoms with Gasteiger partial charge in [-0.05, 0) is 35.4 Å². The van der Waals surface area contributed by atoms with Crippen molar-refractivity contribution in [3.05, 3.63) is 58.7 Å². The second-order valence-electron chi connectivity index (χ2n) is 5.80. The fraction of sp³-hybridized carbons (Fsp3) is 0.333. The van der Waals surface area contributed by atoms with Crippen LogP contribution in [0.5, 0.6) is 0 Å². The molecule has 0 saturated heterocycles. The number of rotatable bonds is 5. The maximum atomic E-state index is 5.93. The quantitative estimate of drug-likeness (QED) is 0.668. The molecular weight excluding hydrogens is 322 g/mol. The van der Waals surface area contributed by atoms with Crippen LogP contribution in [-0.2, 0) is 13.1 Å². The number of hydrogen-bond donors (Lipinski definition) is 1. The molecular formula is C18H24ClN5. The van der Waals surface area contributed by atoms with Gasteiger partial charge >= 0.3 is 0 Å². The fourth-order valence-electron chi connectivity index (χ4n) is 2.32. The summed E-state index contributed by atoms with van der Waals surface area (Å²) in [5.41, 5.74) is 2.35. The van der Waals surface area contributed by atoms with Crippen LogP contribution in [0, 0.1) is 0 Å². The summed E-state index contributed by atoms with van der Waals surface area (Å²) in [6.07, 6.45) is 1.83. The Balaban J connectivity index is 1.96. The first kappa shape index (κ1) is 18.1. The van der Waals surface area contributed by atoms with Crippen LogP contribution in [0.1, 0.15) is 11.1 Å². The van der Waals surface area contributed by atoms with Gasteiger partial charge in [0.2, 0.25) is 0 Å². The number of halogens is 1. The largest absolute Gasteiger partial charge is 0.363 e. The molecule has 0 aliphatic heterocycles. The minimum atomic E-state index is 0.695. The Bertz CT molecular complexity index is 682. The van der Waals surface area contributed by atoms with Gasteiger partial charge in [0.1, 0.15) is 5.82 Å². The van der Waals surface area contributed by atoms with Gasteiger partial charge in [-0.15, -0.1) is 0 Å². The number of aromatic nitrogens is 1. The highest BCUT2D eigenvalue weighted by Gasteiger charge is 2.07. The Kier molecular flexibility index (Phi) is 6.44. The number of benzene rings is 1. The molecule has 0 aliphatic rings. The van der Waals surface area contributed by atoms with Crippen molar-refractivity contribution in [1.82, 2.24) is 15.2 Å². The maximum absolute atomic E-state index is 5.93. The van der Waals surface area contributed by atoms with E-state index in [1.165, 1.54) is 5.56 Å². The third kappa shape index (κ3) is 5.13. The molecule has 0 saturated carbocycles. The summed E-state index contributed by atoms with van der Waals surface area (Å²) in [4.78, 5) is 12.8. The van der Waals surface area contributed by atoms with Crippen LogP contribution < -0.4 is 10.2 Å². The molecule has 1 heterocycles. The summed E-state index contributed by atoms with van der Waals surface area (Å²) in [5.74, 6) is 1.78. The van der Waals surface area contributed by atoms with Crippen LogP contribution in [0.25, 0.3) is 0 Å². The molecule has 5 nitrogen and oxygen atoms in total. The molecule has 2 rings (SSSR count). The zero-order chi connectivity index (χ0) is 17.5. The minimum Gasteiger partial charge on any atom is -0.363 e. The molecule has 0 atom stereocenters. The van der Waals surface area contributed by atoms with Crippen molar-refractivity contribution in [3.8, 4) is 0 Å². The molecule has 0 amide bonds. The predicted molar refractivity (Wildman–Crippen MR) is 102 cm³/mol. The molecule has 6 heteroatoms. The molecule has 128 valence electrons. The fourth-order valence-corrected chi connectivity index (χ4v) is 2.45. The van der Waals surface area contributed by atoms with Crippen LogP contribution in [0.3, 0.4) is 0 Å². The SMILES string of the molecule is CN=C(NCc1ccnc(N(C)C)c1)N(C)Cc1ccc(Cl)cc1. The van der Waals surface area contributed by atoms with Crippen LogP contribution in [-0.4, -0.2) is 44.0 Å². The number of pyridine rings is 1. The number of nitrogens with one attached hydrogen (secondary N) is 1. The summed E-state index contributed by atoms with van der Waals surface area (Å²) >= 11 is 5.93. The van der Waals surface area contributed by atoms with Crippen molar-refractivity contribution >= 4 is 23.4 Å². The van der Waals surface area contributed by atoms with E-state index in [0.717, 1.165) is 28.9 Å². The van der Waals surface area contributed by atoms with E-state index in [9.17, 15) is 0 Å². The lowest BCUT2D eigenvalue weighted by molar-refractivity contribution is 0.476. The number of guanidine groups is 1. The zero-order valence-corrected chi connectivity index (χ0v) is 15.4. The zero-order valence-electron chi connectivity index (χ0n) is 14.6. The lowest BCUT2D eigenvalue weighted by Gasteiger charge is -2.22. The van der Waals surface area contributed by atoms with Gasteiger partial charge in [0.05, 0.1) is 0 Å². The number of hydrogen-bond acceptors (Lipinski definition) is 3. The summed E-state index contributed by atoms with van der Waals surface area (Å²) in [6.45, 7) is 1.46. The van der Waals surface area contributed by atoms with E-state index < -0.39 is 0 Å². The van der Waals surface area contributed by atoms with E-state index in [0.29, 0.717) is 6.54 Å². The van der Waals surface area contributed by atoms with E-state index in [1.807, 2.05) is 62.6 Å². The Morgan fingerprint density at radius 2 is 1.83 bits per heavy atom. The van der Waals surface area contributed by atoms with E-state index >= 15 is 0 Å². The predicted octanol–water partition coefficient (Wildman–Crippen LogP) is 3.01. The lowest BCUT2D eigenvalue weighted by Crippen LogP contribution is -2.38. The van der Waals surface area contributed by atoms with Crippen molar-refractivity contribution < 1.29 is 0 Å². The van der Waals surface area contributed by atoms with Crippen LogP contribution >= 0.6 is 11.6 Å². The number of nitrogens with zero attached hydrogens (tertiary/aromatic N) is 4. The van der Waals surface area contributed by atoms with E-state index in [4.69, 9.17) is 11.6 Å². The second-order valence-corrected chi connectivity index (χ2v) is 6.24. The van der Waals surface area contributed by atoms with Gasteiger partial charge in [-0.3, -0.25) is 4.99 Å². The van der Waals surface area contributed by atoms with Gasteiger partial charge in [0.25, 0.3) is 0 Å². The van der Waals surface area contributed by atoms with Crippen molar-refractivity contribution in [2.24, 2.45) is 4.99 Å². The number of anilines is 1. The first-order valence-electron chi connectivity index (χ1n) is 7.78. The Labute approximate surface area is 149 Å². The Morgan fingerprint density at radius 3 is 2.46 bits per heavy atom. The third-order valence-electron chi connectivity index (χ3n) is 3.63. The summed E-state index contributed by atoms with van der Waals surface area (Å²) < 4.78 is 0. The summed E-state index contributed by atoms with van der Waals surface area (Å²) in [6, 6.07) is 11.9. The van der Waals surface area contributed by atoms with Gasteiger partial charge in [-0.25, -0.2) is 4.98 Å². The topological polar surface area (TPSA) is 43.8 Å². The average Bonchev–Trinajstić information content (AvgIpc) is 2.57. The highest BCUT2D eigenvalue weighted by molar-refractivity contribution is 6.30. The smallest absolute Gasteiger partial charge is 0.193 e. The normalized spacial score (nSPS) is 11.3. The third-order valence-corrected chi connectivity index (χ3v) is 3.88. The van der Waals surface area contributed by atoms with Gasteiger partial charge in [0, 0.05) is 52.5 Å². The van der Waals surface area contributed by atoms with Crippen molar-refractivity contribution in [2.45, 2.75) is 13.1 Å². The highest BCUT2D eigenvalue weighted by Crippen LogP contribution is 2.12. The van der Waals surface area contributed by atoms with Crippen LogP contribution in [0.2, 0.25) is 5.02 Å². The first-order chi connectivity index (χ1) is 11.5. The van der Waals surface area contributed by atoms with E-state index in [1.54, 1.807) is 7.05 Å². The molecule has 24 heavy (non-hydrogen) atoms. The first-order valence-corrected chi connectivity index (χ1v) is 8.16. The average molecular weight is 346 g/mol. The Morgan fingerprint density at radius 1 is 1.12 bits per heavy atom. The molecule has 1 aromatic heterocycles. The van der Waals surface area contributed by atoms with Gasteiger partial charge in [0.15, 0.2) is 5.96 Å². The monoisotopic (exact) mass is 345 g/mol. The minimum absolute atomic E-state index is 0.695. The molecule has 2 aromatic rings. The van der Waals surface area contributed by atoms with Gasteiger partial charge in [-0.1, -0.05) is 23.7 Å². The molecule has 0 bridgehead atoms. The van der Waals surface area contributed by atoms with Gasteiger partial charge in [-0.2, -0.15) is 0 Å². The second kappa shape index (κ2) is 8.55. The van der Waals surface area contributed by atoms with Crippen molar-refractivity contribution in [3.63, 3.8) is 0 Å². The highest BCUT2D eigenvalue weighted by atomic mass is 35.5. The molecule has 1 aromatic carbocycles. The Hall–Kier alpha value is -2.27. The van der Waals surface area contributed by atoms with Gasteiger partial charge < -0.3 is 15.1 Å². The lowest BCUT2D eigenvalue weighted by atomic mass is 10.2. The molecule has 0 spiro atoms. The molecule has 1 N–H and O–H groups in total. The molecule has 0 radical (unpaired) electrons. The maximum Gasteiger partial charge on any atom is 0.193 e. The summed E-state index contributed by atoms with van der Waals surface area (Å²) in [7, 11) is 7.77. The summed E-state index contributed by atoms with van der Waals surface area (Å²) in [5, 5.41) is 4.14. The van der Waals surface area contributed by atoms with Crippen LogP contribution in [0.15, 0.2) is 47.6 Å². The molecule has 0 aliphatic carbocycles. The molecule has 0 unspecified atom stereocenters. The molecule has 0 fully saturated rings. The van der Waals surface area contributed by atoms with Crippen molar-refractivity contribution in [1.29, 1.82) is 0 Å². The van der Waals surface area contributed by atoms with Crippen molar-refractivity contribution in [2.75, 3.05) is 33.1 Å². The number of aliphatic imine (C=N–C) groups is 1.